The van der Waals surface area contributed by atoms with E-state index in [1.165, 1.54) is 25.0 Å². The van der Waals surface area contributed by atoms with E-state index in [9.17, 15) is 9.59 Å². The van der Waals surface area contributed by atoms with Crippen LogP contribution in [0.1, 0.15) is 12.5 Å². The molecule has 0 bridgehead atoms. The van der Waals surface area contributed by atoms with Crippen LogP contribution in [0.2, 0.25) is 0 Å². The second-order valence-corrected chi connectivity index (χ2v) is 5.74. The number of rotatable bonds is 6. The summed E-state index contributed by atoms with van der Waals surface area (Å²) in [5.74, 6) is 0.107. The fourth-order valence-corrected chi connectivity index (χ4v) is 2.51. The van der Waals surface area contributed by atoms with Gasteiger partial charge in [-0.3, -0.25) is 9.59 Å². The van der Waals surface area contributed by atoms with Gasteiger partial charge in [-0.05, 0) is 46.3 Å². The van der Waals surface area contributed by atoms with E-state index in [0.29, 0.717) is 17.1 Å². The maximum Gasteiger partial charge on any atom is 0.228 e. The summed E-state index contributed by atoms with van der Waals surface area (Å²) in [6.07, 6.45) is 1.68. The second kappa shape index (κ2) is 8.09. The van der Waals surface area contributed by atoms with Gasteiger partial charge in [0.1, 0.15) is 12.1 Å². The number of hydrogen-bond acceptors (Lipinski definition) is 6. The quantitative estimate of drug-likeness (QED) is 0.688. The first-order valence-electron chi connectivity index (χ1n) is 8.13. The molecule has 0 fully saturated rings. The zero-order valence-electron chi connectivity index (χ0n) is 14.8. The Morgan fingerprint density at radius 3 is 2.52 bits per heavy atom. The van der Waals surface area contributed by atoms with Crippen molar-refractivity contribution in [3.63, 3.8) is 0 Å². The Morgan fingerprint density at radius 1 is 1.11 bits per heavy atom. The molecule has 0 aliphatic heterocycles. The van der Waals surface area contributed by atoms with Gasteiger partial charge in [0.25, 0.3) is 0 Å². The largest absolute Gasteiger partial charge is 0.495 e. The molecule has 0 aliphatic rings. The number of hydrogen-bond donors (Lipinski definition) is 2. The Bertz CT molecular complexity index is 938. The maximum absolute atomic E-state index is 12.4. The van der Waals surface area contributed by atoms with E-state index in [-0.39, 0.29) is 18.2 Å². The van der Waals surface area contributed by atoms with Crippen LogP contribution in [0.3, 0.4) is 0 Å². The molecular formula is C18H18N6O3. The highest BCUT2D eigenvalue weighted by Gasteiger charge is 2.10. The highest BCUT2D eigenvalue weighted by molar-refractivity contribution is 5.95. The fourth-order valence-electron chi connectivity index (χ4n) is 2.51. The van der Waals surface area contributed by atoms with Crippen LogP contribution >= 0.6 is 0 Å². The summed E-state index contributed by atoms with van der Waals surface area (Å²) < 4.78 is 6.79. The zero-order chi connectivity index (χ0) is 19.2. The number of methoxy groups -OCH3 is 1. The van der Waals surface area contributed by atoms with E-state index in [1.54, 1.807) is 18.2 Å². The first kappa shape index (κ1) is 18.1. The lowest BCUT2D eigenvalue weighted by Crippen LogP contribution is -2.15. The van der Waals surface area contributed by atoms with Crippen molar-refractivity contribution in [3.05, 3.63) is 54.4 Å². The number of carbonyl (C=O) groups is 2. The molecular weight excluding hydrogens is 348 g/mol. The Kier molecular flexibility index (Phi) is 5.41. The van der Waals surface area contributed by atoms with Crippen molar-refractivity contribution in [1.82, 2.24) is 20.2 Å². The molecule has 0 radical (unpaired) electrons. The molecule has 0 aliphatic carbocycles. The Balaban J connectivity index is 1.69. The Hall–Kier alpha value is -3.75. The number of anilines is 2. The van der Waals surface area contributed by atoms with E-state index >= 15 is 0 Å². The fraction of sp³-hybridized carbons (Fsp3) is 0.167. The molecule has 3 rings (SSSR count). The third-order valence-corrected chi connectivity index (χ3v) is 3.71. The molecule has 1 aromatic heterocycles. The molecule has 1 heterocycles. The minimum atomic E-state index is -0.205. The first-order chi connectivity index (χ1) is 13.0. The van der Waals surface area contributed by atoms with Gasteiger partial charge < -0.3 is 15.4 Å². The molecule has 0 unspecified atom stereocenters. The number of carbonyl (C=O) groups excluding carboxylic acids is 2. The van der Waals surface area contributed by atoms with Crippen molar-refractivity contribution in [2.24, 2.45) is 0 Å². The first-order valence-corrected chi connectivity index (χ1v) is 8.13. The van der Waals surface area contributed by atoms with E-state index in [1.807, 2.05) is 24.3 Å². The average molecular weight is 366 g/mol. The van der Waals surface area contributed by atoms with Crippen LogP contribution in [0.5, 0.6) is 5.75 Å². The van der Waals surface area contributed by atoms with E-state index < -0.39 is 0 Å². The van der Waals surface area contributed by atoms with Gasteiger partial charge in [0, 0.05) is 12.6 Å². The van der Waals surface area contributed by atoms with Crippen LogP contribution in [-0.4, -0.2) is 39.1 Å². The number of ether oxygens (including phenoxy) is 1. The van der Waals surface area contributed by atoms with Gasteiger partial charge in [-0.2, -0.15) is 0 Å². The summed E-state index contributed by atoms with van der Waals surface area (Å²) >= 11 is 0. The summed E-state index contributed by atoms with van der Waals surface area (Å²) in [6.45, 7) is 1.42. The standard InChI is InChI=1S/C18H18N6O3/c1-12(25)20-14-5-8-17(27-2)16(10-14)21-18(26)9-13-3-6-15(7-4-13)24-11-19-22-23-24/h3-8,10-11H,9H2,1-2H3,(H,20,25)(H,21,26). The molecule has 0 atom stereocenters. The van der Waals surface area contributed by atoms with Gasteiger partial charge in [0.05, 0.1) is 24.9 Å². The smallest absolute Gasteiger partial charge is 0.228 e. The van der Waals surface area contributed by atoms with E-state index in [2.05, 4.69) is 26.2 Å². The molecule has 2 N–H and O–H groups in total. The van der Waals surface area contributed by atoms with Gasteiger partial charge in [-0.15, -0.1) is 5.10 Å². The second-order valence-electron chi connectivity index (χ2n) is 5.74. The highest BCUT2D eigenvalue weighted by atomic mass is 16.5. The molecule has 27 heavy (non-hydrogen) atoms. The van der Waals surface area contributed by atoms with Crippen LogP contribution in [0, 0.1) is 0 Å². The molecule has 9 nitrogen and oxygen atoms in total. The van der Waals surface area contributed by atoms with Gasteiger partial charge in [0.2, 0.25) is 11.8 Å². The lowest BCUT2D eigenvalue weighted by atomic mass is 10.1. The lowest BCUT2D eigenvalue weighted by Gasteiger charge is -2.12. The SMILES string of the molecule is COc1ccc(NC(C)=O)cc1NC(=O)Cc1ccc(-n2cnnn2)cc1. The van der Waals surface area contributed by atoms with Gasteiger partial charge in [-0.25, -0.2) is 4.68 Å². The van der Waals surface area contributed by atoms with Crippen LogP contribution in [0.25, 0.3) is 5.69 Å². The Morgan fingerprint density at radius 2 is 1.89 bits per heavy atom. The number of nitrogens with one attached hydrogen (secondary N) is 2. The molecule has 0 saturated carbocycles. The normalized spacial score (nSPS) is 10.3. The molecule has 9 heteroatoms. The van der Waals surface area contributed by atoms with Crippen molar-refractivity contribution in [2.45, 2.75) is 13.3 Å². The third-order valence-electron chi connectivity index (χ3n) is 3.71. The van der Waals surface area contributed by atoms with Crippen LogP contribution in [0.4, 0.5) is 11.4 Å². The number of tetrazole rings is 1. The summed E-state index contributed by atoms with van der Waals surface area (Å²) in [6, 6.07) is 12.4. The summed E-state index contributed by atoms with van der Waals surface area (Å²) in [4.78, 5) is 23.6. The predicted molar refractivity (Wildman–Crippen MR) is 98.8 cm³/mol. The molecule has 2 amide bonds. The lowest BCUT2D eigenvalue weighted by molar-refractivity contribution is -0.116. The predicted octanol–water partition coefficient (Wildman–Crippen LogP) is 1.81. The molecule has 2 aromatic carbocycles. The highest BCUT2D eigenvalue weighted by Crippen LogP contribution is 2.28. The van der Waals surface area contributed by atoms with Crippen molar-refractivity contribution in [1.29, 1.82) is 0 Å². The number of aromatic nitrogens is 4. The van der Waals surface area contributed by atoms with Crippen molar-refractivity contribution < 1.29 is 14.3 Å². The minimum Gasteiger partial charge on any atom is -0.495 e. The minimum absolute atomic E-state index is 0.184. The molecule has 3 aromatic rings. The number of nitrogens with zero attached hydrogens (tertiary/aromatic N) is 4. The topological polar surface area (TPSA) is 111 Å². The van der Waals surface area contributed by atoms with Crippen molar-refractivity contribution >= 4 is 23.2 Å². The van der Waals surface area contributed by atoms with Gasteiger partial charge in [0.15, 0.2) is 0 Å². The summed E-state index contributed by atoms with van der Waals surface area (Å²) in [7, 11) is 1.51. The summed E-state index contributed by atoms with van der Waals surface area (Å²) in [5.41, 5.74) is 2.69. The summed E-state index contributed by atoms with van der Waals surface area (Å²) in [5, 5.41) is 16.5. The molecule has 0 spiro atoms. The average Bonchev–Trinajstić information content (AvgIpc) is 3.17. The van der Waals surface area contributed by atoms with Crippen LogP contribution in [-0.2, 0) is 16.0 Å². The number of amides is 2. The third kappa shape index (κ3) is 4.66. The Labute approximate surface area is 155 Å². The monoisotopic (exact) mass is 366 g/mol. The maximum atomic E-state index is 12.4. The van der Waals surface area contributed by atoms with Crippen LogP contribution in [0.15, 0.2) is 48.8 Å². The molecule has 0 saturated heterocycles. The van der Waals surface area contributed by atoms with Gasteiger partial charge >= 0.3 is 0 Å². The van der Waals surface area contributed by atoms with Crippen molar-refractivity contribution in [2.75, 3.05) is 17.7 Å². The van der Waals surface area contributed by atoms with Crippen molar-refractivity contribution in [3.8, 4) is 11.4 Å². The van der Waals surface area contributed by atoms with Gasteiger partial charge in [-0.1, -0.05) is 12.1 Å². The van der Waals surface area contributed by atoms with E-state index in [4.69, 9.17) is 4.74 Å². The molecule has 138 valence electrons. The number of benzene rings is 2. The van der Waals surface area contributed by atoms with Crippen LogP contribution < -0.4 is 15.4 Å². The van der Waals surface area contributed by atoms with E-state index in [0.717, 1.165) is 11.3 Å². The zero-order valence-corrected chi connectivity index (χ0v) is 14.8.